The van der Waals surface area contributed by atoms with E-state index in [1.165, 1.54) is 0 Å². The molecule has 3 rings (SSSR count). The lowest BCUT2D eigenvalue weighted by Gasteiger charge is -2.29. The highest BCUT2D eigenvalue weighted by atomic mass is 79.9. The summed E-state index contributed by atoms with van der Waals surface area (Å²) in [6.07, 6.45) is 3.61. The summed E-state index contributed by atoms with van der Waals surface area (Å²) in [4.78, 5) is 0. The second kappa shape index (κ2) is 4.40. The number of aliphatic hydroxyl groups is 1. The molecule has 2 aromatic rings. The number of halogens is 1. The van der Waals surface area contributed by atoms with Gasteiger partial charge < -0.3 is 9.84 Å². The van der Waals surface area contributed by atoms with Crippen molar-refractivity contribution < 1.29 is 9.84 Å². The Morgan fingerprint density at radius 3 is 3.06 bits per heavy atom. The molecule has 5 heteroatoms. The predicted octanol–water partition coefficient (Wildman–Crippen LogP) is 2.74. The maximum absolute atomic E-state index is 10.2. The second-order valence-electron chi connectivity index (χ2n) is 4.49. The van der Waals surface area contributed by atoms with Crippen molar-refractivity contribution in [1.29, 1.82) is 0 Å². The standard InChI is InChI=1S/C13H13BrN2O2/c1-16-7-8(6-15-16)12-5-11(17)10-3-2-9(14)4-13(10)18-12/h2-4,6-7,11-12,17H,5H2,1H3/t11-,12?/m1/s1. The van der Waals surface area contributed by atoms with Gasteiger partial charge in [0.15, 0.2) is 0 Å². The Bertz CT molecular complexity index is 582. The molecule has 2 atom stereocenters. The van der Waals surface area contributed by atoms with Gasteiger partial charge in [-0.25, -0.2) is 0 Å². The number of aliphatic hydroxyl groups excluding tert-OH is 1. The van der Waals surface area contributed by atoms with E-state index in [1.54, 1.807) is 10.9 Å². The van der Waals surface area contributed by atoms with Crippen LogP contribution in [-0.2, 0) is 7.05 Å². The zero-order valence-electron chi connectivity index (χ0n) is 9.88. The molecule has 94 valence electrons. The fourth-order valence-corrected chi connectivity index (χ4v) is 2.57. The Balaban J connectivity index is 1.95. The number of rotatable bonds is 1. The number of ether oxygens (including phenoxy) is 1. The molecule has 0 aliphatic carbocycles. The van der Waals surface area contributed by atoms with Gasteiger partial charge >= 0.3 is 0 Å². The fourth-order valence-electron chi connectivity index (χ4n) is 2.23. The highest BCUT2D eigenvalue weighted by Crippen LogP contribution is 2.41. The van der Waals surface area contributed by atoms with Crippen LogP contribution >= 0.6 is 15.9 Å². The van der Waals surface area contributed by atoms with Gasteiger partial charge in [0.1, 0.15) is 11.9 Å². The van der Waals surface area contributed by atoms with Gasteiger partial charge in [-0.15, -0.1) is 0 Å². The van der Waals surface area contributed by atoms with Gasteiger partial charge in [0, 0.05) is 35.3 Å². The minimum absolute atomic E-state index is 0.143. The van der Waals surface area contributed by atoms with Crippen LogP contribution in [0.15, 0.2) is 35.1 Å². The van der Waals surface area contributed by atoms with Crippen LogP contribution in [0.1, 0.15) is 29.8 Å². The molecule has 1 N–H and O–H groups in total. The van der Waals surface area contributed by atoms with Gasteiger partial charge in [0.25, 0.3) is 0 Å². The van der Waals surface area contributed by atoms with Crippen LogP contribution < -0.4 is 4.74 Å². The Morgan fingerprint density at radius 2 is 2.33 bits per heavy atom. The molecule has 1 aliphatic rings. The summed E-state index contributed by atoms with van der Waals surface area (Å²) in [6.45, 7) is 0. The summed E-state index contributed by atoms with van der Waals surface area (Å²) in [5.74, 6) is 0.733. The first-order valence-corrected chi connectivity index (χ1v) is 6.55. The molecule has 0 bridgehead atoms. The average Bonchev–Trinajstić information content (AvgIpc) is 2.75. The molecule has 0 amide bonds. The molecule has 1 aromatic heterocycles. The molecule has 2 heterocycles. The number of benzene rings is 1. The van der Waals surface area contributed by atoms with E-state index in [0.717, 1.165) is 21.3 Å². The van der Waals surface area contributed by atoms with E-state index in [9.17, 15) is 5.11 Å². The van der Waals surface area contributed by atoms with E-state index in [2.05, 4.69) is 21.0 Å². The van der Waals surface area contributed by atoms with Crippen molar-refractivity contribution in [3.63, 3.8) is 0 Å². The maximum atomic E-state index is 10.2. The Morgan fingerprint density at radius 1 is 1.50 bits per heavy atom. The molecular formula is C13H13BrN2O2. The third-order valence-corrected chi connectivity index (χ3v) is 3.63. The van der Waals surface area contributed by atoms with Crippen molar-refractivity contribution >= 4 is 15.9 Å². The van der Waals surface area contributed by atoms with Crippen LogP contribution in [-0.4, -0.2) is 14.9 Å². The monoisotopic (exact) mass is 308 g/mol. The molecule has 18 heavy (non-hydrogen) atoms. The first kappa shape index (κ1) is 11.7. The molecule has 0 spiro atoms. The van der Waals surface area contributed by atoms with Crippen molar-refractivity contribution in [1.82, 2.24) is 9.78 Å². The minimum atomic E-state index is -0.493. The molecule has 0 saturated heterocycles. The summed E-state index contributed by atoms with van der Waals surface area (Å²) in [7, 11) is 1.87. The Kier molecular flexibility index (Phi) is 2.87. The van der Waals surface area contributed by atoms with Crippen molar-refractivity contribution in [3.8, 4) is 5.75 Å². The van der Waals surface area contributed by atoms with E-state index in [4.69, 9.17) is 4.74 Å². The van der Waals surface area contributed by atoms with E-state index >= 15 is 0 Å². The normalized spacial score (nSPS) is 22.4. The average molecular weight is 309 g/mol. The van der Waals surface area contributed by atoms with Gasteiger partial charge in [-0.3, -0.25) is 4.68 Å². The van der Waals surface area contributed by atoms with Crippen LogP contribution in [0.25, 0.3) is 0 Å². The summed E-state index contributed by atoms with van der Waals surface area (Å²) in [5, 5.41) is 14.3. The van der Waals surface area contributed by atoms with Gasteiger partial charge in [-0.2, -0.15) is 5.10 Å². The molecule has 1 aliphatic heterocycles. The smallest absolute Gasteiger partial charge is 0.130 e. The van der Waals surface area contributed by atoms with Crippen LogP contribution in [0.3, 0.4) is 0 Å². The topological polar surface area (TPSA) is 47.3 Å². The fraction of sp³-hybridized carbons (Fsp3) is 0.308. The highest BCUT2D eigenvalue weighted by Gasteiger charge is 2.28. The minimum Gasteiger partial charge on any atom is -0.485 e. The molecule has 1 unspecified atom stereocenters. The summed E-state index contributed by atoms with van der Waals surface area (Å²) in [5.41, 5.74) is 1.83. The third kappa shape index (κ3) is 2.04. The largest absolute Gasteiger partial charge is 0.485 e. The van der Waals surface area contributed by atoms with Crippen LogP contribution in [0.4, 0.5) is 0 Å². The van der Waals surface area contributed by atoms with Gasteiger partial charge in [-0.05, 0) is 12.1 Å². The van der Waals surface area contributed by atoms with E-state index in [1.807, 2.05) is 31.4 Å². The lowest BCUT2D eigenvalue weighted by atomic mass is 9.96. The Labute approximate surface area is 113 Å². The van der Waals surface area contributed by atoms with Crippen molar-refractivity contribution in [2.45, 2.75) is 18.6 Å². The van der Waals surface area contributed by atoms with Gasteiger partial charge in [-0.1, -0.05) is 22.0 Å². The number of aryl methyl sites for hydroxylation is 1. The predicted molar refractivity (Wildman–Crippen MR) is 70.3 cm³/mol. The lowest BCUT2D eigenvalue weighted by Crippen LogP contribution is -2.18. The maximum Gasteiger partial charge on any atom is 0.130 e. The summed E-state index contributed by atoms with van der Waals surface area (Å²) in [6, 6.07) is 5.69. The van der Waals surface area contributed by atoms with Crippen LogP contribution in [0.2, 0.25) is 0 Å². The zero-order chi connectivity index (χ0) is 12.7. The van der Waals surface area contributed by atoms with Crippen molar-refractivity contribution in [3.05, 3.63) is 46.2 Å². The number of hydrogen-bond acceptors (Lipinski definition) is 3. The molecule has 4 nitrogen and oxygen atoms in total. The molecule has 1 aromatic carbocycles. The number of fused-ring (bicyclic) bond motifs is 1. The first-order chi connectivity index (χ1) is 8.63. The number of nitrogens with zero attached hydrogens (tertiary/aromatic N) is 2. The van der Waals surface area contributed by atoms with E-state index in [0.29, 0.717) is 6.42 Å². The molecular weight excluding hydrogens is 296 g/mol. The SMILES string of the molecule is Cn1cc(C2C[C@@H](O)c3ccc(Br)cc3O2)cn1. The molecule has 0 radical (unpaired) electrons. The Hall–Kier alpha value is -1.33. The van der Waals surface area contributed by atoms with E-state index < -0.39 is 6.10 Å². The summed E-state index contributed by atoms with van der Waals surface area (Å²) >= 11 is 3.41. The number of aromatic nitrogens is 2. The molecule has 0 saturated carbocycles. The first-order valence-electron chi connectivity index (χ1n) is 5.76. The third-order valence-electron chi connectivity index (χ3n) is 3.14. The van der Waals surface area contributed by atoms with Crippen molar-refractivity contribution in [2.24, 2.45) is 7.05 Å². The van der Waals surface area contributed by atoms with Crippen LogP contribution in [0, 0.1) is 0 Å². The van der Waals surface area contributed by atoms with Gasteiger partial charge in [0.2, 0.25) is 0 Å². The quantitative estimate of drug-likeness (QED) is 0.881. The zero-order valence-corrected chi connectivity index (χ0v) is 11.5. The van der Waals surface area contributed by atoms with Gasteiger partial charge in [0.05, 0.1) is 12.3 Å². The highest BCUT2D eigenvalue weighted by molar-refractivity contribution is 9.10. The summed E-state index contributed by atoms with van der Waals surface area (Å²) < 4.78 is 8.62. The lowest BCUT2D eigenvalue weighted by molar-refractivity contribution is 0.0656. The van der Waals surface area contributed by atoms with Crippen LogP contribution in [0.5, 0.6) is 5.75 Å². The second-order valence-corrected chi connectivity index (χ2v) is 5.40. The molecule has 0 fully saturated rings. The van der Waals surface area contributed by atoms with Crippen molar-refractivity contribution in [2.75, 3.05) is 0 Å². The van der Waals surface area contributed by atoms with E-state index in [-0.39, 0.29) is 6.10 Å². The number of hydrogen-bond donors (Lipinski definition) is 1.